The van der Waals surface area contributed by atoms with Crippen molar-refractivity contribution in [2.24, 2.45) is 5.92 Å². The predicted molar refractivity (Wildman–Crippen MR) is 79.6 cm³/mol. The molecule has 0 aromatic carbocycles. The first-order chi connectivity index (χ1) is 9.46. The maximum absolute atomic E-state index is 11.5. The van der Waals surface area contributed by atoms with E-state index in [1.165, 1.54) is 0 Å². The standard InChI is InChI=1S/C13H18N2O4S.ClH/c16-13(17)10-1-2-11-7-14-12(15(11)8-10)9-3-5-20(18,19)6-4-9;/h7,9-10H,1-6,8H2,(H,16,17);1H. The molecule has 8 heteroatoms. The van der Waals surface area contributed by atoms with Crippen molar-refractivity contribution in [1.29, 1.82) is 0 Å². The van der Waals surface area contributed by atoms with Crippen LogP contribution in [0.15, 0.2) is 6.20 Å². The molecule has 1 atom stereocenters. The first-order valence-electron chi connectivity index (χ1n) is 6.94. The molecule has 1 aromatic heterocycles. The van der Waals surface area contributed by atoms with Crippen molar-refractivity contribution >= 4 is 28.2 Å². The number of fused-ring (bicyclic) bond motifs is 1. The minimum Gasteiger partial charge on any atom is -0.481 e. The van der Waals surface area contributed by atoms with Crippen molar-refractivity contribution in [3.05, 3.63) is 17.7 Å². The van der Waals surface area contributed by atoms with Crippen molar-refractivity contribution in [3.63, 3.8) is 0 Å². The monoisotopic (exact) mass is 334 g/mol. The Kier molecular flexibility index (Phi) is 4.63. The lowest BCUT2D eigenvalue weighted by Gasteiger charge is -2.27. The van der Waals surface area contributed by atoms with Gasteiger partial charge in [0.2, 0.25) is 0 Å². The molecule has 0 amide bonds. The zero-order chi connectivity index (χ0) is 14.3. The number of carbonyl (C=O) groups is 1. The lowest BCUT2D eigenvalue weighted by Crippen LogP contribution is -2.29. The zero-order valence-electron chi connectivity index (χ0n) is 11.6. The number of carboxylic acid groups (broad SMARTS) is 1. The van der Waals surface area contributed by atoms with Gasteiger partial charge in [-0.05, 0) is 25.7 Å². The summed E-state index contributed by atoms with van der Waals surface area (Å²) in [7, 11) is -2.88. The number of aromatic nitrogens is 2. The van der Waals surface area contributed by atoms with Gasteiger partial charge in [0.1, 0.15) is 15.7 Å². The molecule has 6 nitrogen and oxygen atoms in total. The number of hydrogen-bond donors (Lipinski definition) is 1. The molecule has 0 saturated carbocycles. The highest BCUT2D eigenvalue weighted by Gasteiger charge is 2.31. The van der Waals surface area contributed by atoms with Crippen LogP contribution in [-0.4, -0.2) is 40.6 Å². The summed E-state index contributed by atoms with van der Waals surface area (Å²) in [5.41, 5.74) is 1.07. The van der Waals surface area contributed by atoms with Crippen LogP contribution in [0.2, 0.25) is 0 Å². The molecule has 0 bridgehead atoms. The summed E-state index contributed by atoms with van der Waals surface area (Å²) in [6.07, 6.45) is 4.39. The van der Waals surface area contributed by atoms with Crippen LogP contribution in [0.3, 0.4) is 0 Å². The maximum Gasteiger partial charge on any atom is 0.308 e. The number of aliphatic carboxylic acids is 1. The number of sulfone groups is 1. The van der Waals surface area contributed by atoms with Crippen LogP contribution in [0.25, 0.3) is 0 Å². The minimum absolute atomic E-state index is 0. The number of imidazole rings is 1. The third-order valence-electron chi connectivity index (χ3n) is 4.39. The Labute approximate surface area is 129 Å². The lowest BCUT2D eigenvalue weighted by molar-refractivity contribution is -0.142. The molecule has 1 unspecified atom stereocenters. The predicted octanol–water partition coefficient (Wildman–Crippen LogP) is 1.24. The first-order valence-corrected chi connectivity index (χ1v) is 8.76. The van der Waals surface area contributed by atoms with E-state index in [1.807, 2.05) is 10.8 Å². The average Bonchev–Trinajstić information content (AvgIpc) is 2.81. The summed E-state index contributed by atoms with van der Waals surface area (Å²) in [5, 5.41) is 9.16. The van der Waals surface area contributed by atoms with Crippen molar-refractivity contribution in [2.45, 2.75) is 38.1 Å². The fourth-order valence-corrected chi connectivity index (χ4v) is 4.64. The summed E-state index contributed by atoms with van der Waals surface area (Å²) in [5.74, 6) is 0.315. The summed E-state index contributed by atoms with van der Waals surface area (Å²) < 4.78 is 25.0. The molecular weight excluding hydrogens is 316 g/mol. The van der Waals surface area contributed by atoms with Gasteiger partial charge in [0.25, 0.3) is 0 Å². The van der Waals surface area contributed by atoms with Crippen LogP contribution in [0.4, 0.5) is 0 Å². The average molecular weight is 335 g/mol. The van der Waals surface area contributed by atoms with Gasteiger partial charge in [0, 0.05) is 24.4 Å². The zero-order valence-corrected chi connectivity index (χ0v) is 13.2. The minimum atomic E-state index is -2.88. The number of aryl methyl sites for hydroxylation is 1. The molecular formula is C13H19ClN2O4S. The normalized spacial score (nSPS) is 24.9. The van der Waals surface area contributed by atoms with Crippen molar-refractivity contribution < 1.29 is 18.3 Å². The molecule has 1 N–H and O–H groups in total. The molecule has 1 saturated heterocycles. The number of carboxylic acids is 1. The Bertz CT molecular complexity index is 627. The largest absolute Gasteiger partial charge is 0.481 e. The fraction of sp³-hybridized carbons (Fsp3) is 0.692. The summed E-state index contributed by atoms with van der Waals surface area (Å²) >= 11 is 0. The van der Waals surface area contributed by atoms with E-state index in [0.717, 1.165) is 17.9 Å². The molecule has 1 fully saturated rings. The van der Waals surface area contributed by atoms with E-state index < -0.39 is 15.8 Å². The lowest BCUT2D eigenvalue weighted by atomic mass is 9.96. The number of rotatable bonds is 2. The van der Waals surface area contributed by atoms with Gasteiger partial charge in [-0.25, -0.2) is 13.4 Å². The van der Waals surface area contributed by atoms with E-state index in [1.54, 1.807) is 0 Å². The van der Waals surface area contributed by atoms with Gasteiger partial charge in [0.15, 0.2) is 0 Å². The third kappa shape index (κ3) is 3.23. The molecule has 0 aliphatic carbocycles. The molecule has 2 aliphatic rings. The molecule has 21 heavy (non-hydrogen) atoms. The maximum atomic E-state index is 11.5. The van der Waals surface area contributed by atoms with Crippen LogP contribution in [0.1, 0.15) is 36.7 Å². The van der Waals surface area contributed by atoms with Gasteiger partial charge in [-0.1, -0.05) is 0 Å². The number of nitrogens with zero attached hydrogens (tertiary/aromatic N) is 2. The Morgan fingerprint density at radius 2 is 1.95 bits per heavy atom. The Balaban J connectivity index is 0.00000161. The summed E-state index contributed by atoms with van der Waals surface area (Å²) in [4.78, 5) is 15.6. The molecule has 3 rings (SSSR count). The fourth-order valence-electron chi connectivity index (χ4n) is 3.15. The van der Waals surface area contributed by atoms with Gasteiger partial charge in [-0.3, -0.25) is 4.79 Å². The van der Waals surface area contributed by atoms with Crippen LogP contribution in [0.5, 0.6) is 0 Å². The van der Waals surface area contributed by atoms with Gasteiger partial charge in [-0.15, -0.1) is 12.4 Å². The highest BCUT2D eigenvalue weighted by Crippen LogP contribution is 2.31. The van der Waals surface area contributed by atoms with E-state index in [9.17, 15) is 13.2 Å². The molecule has 0 spiro atoms. The van der Waals surface area contributed by atoms with Gasteiger partial charge in [-0.2, -0.15) is 0 Å². The molecule has 1 aromatic rings. The smallest absolute Gasteiger partial charge is 0.308 e. The SMILES string of the molecule is Cl.O=C(O)C1CCc2cnc(C3CCS(=O)(=O)CC3)n2C1. The van der Waals surface area contributed by atoms with Crippen LogP contribution in [0, 0.1) is 5.92 Å². The molecule has 3 heterocycles. The summed E-state index contributed by atoms with van der Waals surface area (Å²) in [6.45, 7) is 0.462. The first kappa shape index (κ1) is 16.3. The van der Waals surface area contributed by atoms with Crippen molar-refractivity contribution in [3.8, 4) is 0 Å². The van der Waals surface area contributed by atoms with Crippen LogP contribution >= 0.6 is 12.4 Å². The molecule has 0 radical (unpaired) electrons. The molecule has 2 aliphatic heterocycles. The third-order valence-corrected chi connectivity index (χ3v) is 6.11. The highest BCUT2D eigenvalue weighted by atomic mass is 35.5. The number of halogens is 1. The van der Waals surface area contributed by atoms with Crippen LogP contribution in [-0.2, 0) is 27.6 Å². The van der Waals surface area contributed by atoms with E-state index in [4.69, 9.17) is 5.11 Å². The van der Waals surface area contributed by atoms with E-state index in [-0.39, 0.29) is 35.7 Å². The second-order valence-electron chi connectivity index (χ2n) is 5.72. The second-order valence-corrected chi connectivity index (χ2v) is 8.02. The topological polar surface area (TPSA) is 89.3 Å². The van der Waals surface area contributed by atoms with E-state index in [0.29, 0.717) is 25.8 Å². The Morgan fingerprint density at radius 1 is 1.29 bits per heavy atom. The molecule has 118 valence electrons. The van der Waals surface area contributed by atoms with Crippen molar-refractivity contribution in [1.82, 2.24) is 9.55 Å². The van der Waals surface area contributed by atoms with Gasteiger partial charge in [0.05, 0.1) is 17.4 Å². The Morgan fingerprint density at radius 3 is 2.57 bits per heavy atom. The van der Waals surface area contributed by atoms with E-state index in [2.05, 4.69) is 4.98 Å². The van der Waals surface area contributed by atoms with Crippen molar-refractivity contribution in [2.75, 3.05) is 11.5 Å². The van der Waals surface area contributed by atoms with Gasteiger partial charge >= 0.3 is 5.97 Å². The van der Waals surface area contributed by atoms with E-state index >= 15 is 0 Å². The highest BCUT2D eigenvalue weighted by molar-refractivity contribution is 7.91. The van der Waals surface area contributed by atoms with Gasteiger partial charge < -0.3 is 9.67 Å². The number of hydrogen-bond acceptors (Lipinski definition) is 4. The van der Waals surface area contributed by atoms with Crippen LogP contribution < -0.4 is 0 Å². The quantitative estimate of drug-likeness (QED) is 0.879. The summed E-state index contributed by atoms with van der Waals surface area (Å²) in [6, 6.07) is 0. The second kappa shape index (κ2) is 5.96. The Hall–Kier alpha value is -1.08.